The lowest BCUT2D eigenvalue weighted by Gasteiger charge is -1.93. The molecule has 0 heterocycles. The first-order valence-corrected chi connectivity index (χ1v) is 2.23. The maximum atomic E-state index is 9.95. The van der Waals surface area contributed by atoms with Crippen LogP contribution in [0.25, 0.3) is 0 Å². The highest BCUT2D eigenvalue weighted by atomic mass is 32.1. The number of carbonyl (C=O) groups is 1. The van der Waals surface area contributed by atoms with E-state index in [-0.39, 0.29) is 5.24 Å². The van der Waals surface area contributed by atoms with Crippen LogP contribution in [0.4, 0.5) is 4.79 Å². The maximum absolute atomic E-state index is 9.95. The van der Waals surface area contributed by atoms with Gasteiger partial charge in [0.1, 0.15) is 0 Å². The molecular formula is C4H7NOS. The molecule has 0 radical (unpaired) electrons. The van der Waals surface area contributed by atoms with Crippen molar-refractivity contribution in [3.05, 3.63) is 12.3 Å². The number of hydrogen-bond donors (Lipinski definition) is 2. The Labute approximate surface area is 48.0 Å². The summed E-state index contributed by atoms with van der Waals surface area (Å²) in [5, 5.41) is 1.97. The van der Waals surface area contributed by atoms with Crippen molar-refractivity contribution in [2.45, 2.75) is 6.92 Å². The third-order valence-corrected chi connectivity index (χ3v) is 0.432. The van der Waals surface area contributed by atoms with Gasteiger partial charge in [0, 0.05) is 5.70 Å². The summed E-state index contributed by atoms with van der Waals surface area (Å²) >= 11 is 3.43. The van der Waals surface area contributed by atoms with E-state index in [0.29, 0.717) is 5.70 Å². The molecule has 1 amide bonds. The van der Waals surface area contributed by atoms with Gasteiger partial charge in [0.15, 0.2) is 0 Å². The molecule has 0 aliphatic heterocycles. The molecule has 3 heteroatoms. The Bertz CT molecular complexity index is 87.9. The average Bonchev–Trinajstić information content (AvgIpc) is 1.27. The third-order valence-electron chi connectivity index (χ3n) is 0.320. The van der Waals surface area contributed by atoms with E-state index in [1.54, 1.807) is 6.92 Å². The number of allylic oxidation sites excluding steroid dienone is 1. The molecule has 40 valence electrons. The van der Waals surface area contributed by atoms with Crippen molar-refractivity contribution in [2.24, 2.45) is 0 Å². The van der Waals surface area contributed by atoms with Gasteiger partial charge in [-0.25, -0.2) is 0 Å². The van der Waals surface area contributed by atoms with Gasteiger partial charge < -0.3 is 5.32 Å². The number of thiol groups is 1. The zero-order valence-corrected chi connectivity index (χ0v) is 4.96. The zero-order chi connectivity index (χ0) is 5.86. The van der Waals surface area contributed by atoms with Crippen LogP contribution in [0.5, 0.6) is 0 Å². The SMILES string of the molecule is C=C(C)NC(=O)S. The summed E-state index contributed by atoms with van der Waals surface area (Å²) in [6.07, 6.45) is 0. The van der Waals surface area contributed by atoms with E-state index in [9.17, 15) is 4.79 Å². The molecule has 0 aromatic rings. The molecule has 0 bridgehead atoms. The summed E-state index contributed by atoms with van der Waals surface area (Å²) in [5.41, 5.74) is 0.611. The fourth-order valence-corrected chi connectivity index (χ4v) is 0.373. The monoisotopic (exact) mass is 117 g/mol. The topological polar surface area (TPSA) is 29.1 Å². The summed E-state index contributed by atoms with van der Waals surface area (Å²) in [7, 11) is 0. The normalized spacial score (nSPS) is 7.71. The van der Waals surface area contributed by atoms with Crippen molar-refractivity contribution in [3.8, 4) is 0 Å². The van der Waals surface area contributed by atoms with E-state index >= 15 is 0 Å². The van der Waals surface area contributed by atoms with Crippen LogP contribution in [0.1, 0.15) is 6.92 Å². The predicted octanol–water partition coefficient (Wildman–Crippen LogP) is 1.16. The van der Waals surface area contributed by atoms with Crippen LogP contribution >= 0.6 is 12.6 Å². The highest BCUT2D eigenvalue weighted by molar-refractivity contribution is 7.96. The number of nitrogens with one attached hydrogen (secondary N) is 1. The highest BCUT2D eigenvalue weighted by Crippen LogP contribution is 1.81. The lowest BCUT2D eigenvalue weighted by atomic mass is 10.6. The van der Waals surface area contributed by atoms with Crippen LogP contribution in [0, 0.1) is 0 Å². The predicted molar refractivity (Wildman–Crippen MR) is 32.3 cm³/mol. The second kappa shape index (κ2) is 2.69. The molecule has 0 aromatic carbocycles. The van der Waals surface area contributed by atoms with Gasteiger partial charge >= 0.3 is 0 Å². The van der Waals surface area contributed by atoms with Crippen molar-refractivity contribution in [1.29, 1.82) is 0 Å². The van der Waals surface area contributed by atoms with Gasteiger partial charge in [-0.15, -0.1) is 0 Å². The van der Waals surface area contributed by atoms with Gasteiger partial charge in [0.05, 0.1) is 0 Å². The van der Waals surface area contributed by atoms with E-state index in [4.69, 9.17) is 0 Å². The van der Waals surface area contributed by atoms with Gasteiger partial charge in [0.2, 0.25) is 0 Å². The zero-order valence-electron chi connectivity index (χ0n) is 4.06. The van der Waals surface area contributed by atoms with Gasteiger partial charge in [-0.3, -0.25) is 4.79 Å². The van der Waals surface area contributed by atoms with Gasteiger partial charge in [-0.2, -0.15) is 0 Å². The quantitative estimate of drug-likeness (QED) is 0.496. The molecule has 1 N–H and O–H groups in total. The van der Waals surface area contributed by atoms with E-state index < -0.39 is 0 Å². The Balaban J connectivity index is 3.32. The van der Waals surface area contributed by atoms with E-state index in [0.717, 1.165) is 0 Å². The Morgan fingerprint density at radius 2 is 2.29 bits per heavy atom. The van der Waals surface area contributed by atoms with E-state index in [1.807, 2.05) is 0 Å². The molecule has 0 spiro atoms. The highest BCUT2D eigenvalue weighted by Gasteiger charge is 1.85. The van der Waals surface area contributed by atoms with Crippen LogP contribution < -0.4 is 5.32 Å². The smallest absolute Gasteiger partial charge is 0.280 e. The second-order valence-electron chi connectivity index (χ2n) is 1.21. The van der Waals surface area contributed by atoms with Gasteiger partial charge in [-0.05, 0) is 6.92 Å². The lowest BCUT2D eigenvalue weighted by Crippen LogP contribution is -2.11. The van der Waals surface area contributed by atoms with Gasteiger partial charge in [-0.1, -0.05) is 19.2 Å². The Morgan fingerprint density at radius 3 is 2.29 bits per heavy atom. The Kier molecular flexibility index (Phi) is 2.52. The summed E-state index contributed by atoms with van der Waals surface area (Å²) < 4.78 is 0. The molecule has 0 atom stereocenters. The van der Waals surface area contributed by atoms with Crippen LogP contribution in [-0.4, -0.2) is 5.24 Å². The van der Waals surface area contributed by atoms with E-state index in [2.05, 4.69) is 24.5 Å². The molecule has 7 heavy (non-hydrogen) atoms. The lowest BCUT2D eigenvalue weighted by molar-refractivity contribution is 0.263. The second-order valence-corrected chi connectivity index (χ2v) is 1.62. The summed E-state index contributed by atoms with van der Waals surface area (Å²) in [6, 6.07) is 0. The minimum absolute atomic E-state index is 0.368. The van der Waals surface area contributed by atoms with Crippen molar-refractivity contribution in [2.75, 3.05) is 0 Å². The average molecular weight is 117 g/mol. The first-order chi connectivity index (χ1) is 3.13. The molecule has 0 fully saturated rings. The molecule has 0 aliphatic rings. The Morgan fingerprint density at radius 1 is 1.86 bits per heavy atom. The van der Waals surface area contributed by atoms with Gasteiger partial charge in [0.25, 0.3) is 5.24 Å². The van der Waals surface area contributed by atoms with Crippen LogP contribution in [0.2, 0.25) is 0 Å². The van der Waals surface area contributed by atoms with Crippen molar-refractivity contribution in [3.63, 3.8) is 0 Å². The maximum Gasteiger partial charge on any atom is 0.280 e. The summed E-state index contributed by atoms with van der Waals surface area (Å²) in [5.74, 6) is 0. The number of carbonyl (C=O) groups excluding carboxylic acids is 1. The summed E-state index contributed by atoms with van der Waals surface area (Å²) in [4.78, 5) is 9.95. The molecule has 0 aromatic heterocycles. The molecule has 0 aliphatic carbocycles. The van der Waals surface area contributed by atoms with Crippen molar-refractivity contribution >= 4 is 17.9 Å². The first kappa shape index (κ1) is 6.56. The Hall–Kier alpha value is -0.440. The fourth-order valence-electron chi connectivity index (χ4n) is 0.183. The van der Waals surface area contributed by atoms with Crippen LogP contribution in [-0.2, 0) is 0 Å². The van der Waals surface area contributed by atoms with Crippen molar-refractivity contribution in [1.82, 2.24) is 5.32 Å². The summed E-state index contributed by atoms with van der Waals surface area (Å²) in [6.45, 7) is 5.10. The van der Waals surface area contributed by atoms with Crippen LogP contribution in [0.3, 0.4) is 0 Å². The number of amides is 1. The molecular weight excluding hydrogens is 110 g/mol. The fraction of sp³-hybridized carbons (Fsp3) is 0.250. The minimum Gasteiger partial charge on any atom is -0.322 e. The molecule has 2 nitrogen and oxygen atoms in total. The molecule has 0 saturated carbocycles. The molecule has 0 saturated heterocycles. The number of rotatable bonds is 1. The standard InChI is InChI=1S/C4H7NOS/c1-3(2)5-4(6)7/h1H2,2H3,(H2,5,6,7). The first-order valence-electron chi connectivity index (χ1n) is 1.78. The molecule has 0 rings (SSSR count). The third kappa shape index (κ3) is 5.56. The van der Waals surface area contributed by atoms with Crippen LogP contribution in [0.15, 0.2) is 12.3 Å². The van der Waals surface area contributed by atoms with Crippen molar-refractivity contribution < 1.29 is 4.79 Å². The largest absolute Gasteiger partial charge is 0.322 e. The molecule has 0 unspecified atom stereocenters. The van der Waals surface area contributed by atoms with E-state index in [1.165, 1.54) is 0 Å². The number of hydrogen-bond acceptors (Lipinski definition) is 1. The minimum atomic E-state index is -0.368.